The number of rotatable bonds is 3. The van der Waals surface area contributed by atoms with E-state index in [9.17, 15) is 0 Å². The third-order valence-corrected chi connectivity index (χ3v) is 6.55. The zero-order valence-corrected chi connectivity index (χ0v) is 13.9. The molecule has 2 aliphatic rings. The molecule has 0 saturated heterocycles. The van der Waals surface area contributed by atoms with Gasteiger partial charge in [-0.25, -0.2) is 0 Å². The van der Waals surface area contributed by atoms with Gasteiger partial charge in [0.15, 0.2) is 5.17 Å². The Morgan fingerprint density at radius 3 is 2.47 bits per heavy atom. The van der Waals surface area contributed by atoms with Crippen LogP contribution in [0.2, 0.25) is 0 Å². The highest BCUT2D eigenvalue weighted by Gasteiger charge is 2.35. The number of nitrogens with one attached hydrogen (secondary N) is 1. The Hall–Kier alpha value is -0.180. The molecular formula is C16H30N2S. The molecule has 110 valence electrons. The van der Waals surface area contributed by atoms with Gasteiger partial charge in [-0.1, -0.05) is 58.7 Å². The van der Waals surface area contributed by atoms with Crippen LogP contribution < -0.4 is 5.32 Å². The second-order valence-electron chi connectivity index (χ2n) is 7.47. The molecule has 1 aliphatic carbocycles. The molecule has 0 aromatic carbocycles. The normalized spacial score (nSPS) is 23.5. The zero-order chi connectivity index (χ0) is 13.9. The molecule has 0 unspecified atom stereocenters. The maximum Gasteiger partial charge on any atom is 0.156 e. The van der Waals surface area contributed by atoms with Crippen molar-refractivity contribution in [2.24, 2.45) is 21.7 Å². The lowest BCUT2D eigenvalue weighted by molar-refractivity contribution is 0.231. The minimum Gasteiger partial charge on any atom is -0.364 e. The summed E-state index contributed by atoms with van der Waals surface area (Å²) in [5.74, 6) is 1.97. The van der Waals surface area contributed by atoms with Gasteiger partial charge in [0.2, 0.25) is 0 Å². The predicted octanol–water partition coefficient (Wildman–Crippen LogP) is 4.31. The molecule has 1 saturated carbocycles. The molecule has 2 nitrogen and oxygen atoms in total. The Balaban J connectivity index is 1.84. The van der Waals surface area contributed by atoms with Crippen LogP contribution in [0.1, 0.15) is 59.8 Å². The molecule has 1 heterocycles. The predicted molar refractivity (Wildman–Crippen MR) is 86.9 cm³/mol. The number of aliphatic imine (C=N–C) groups is 1. The van der Waals surface area contributed by atoms with Crippen LogP contribution in [0.15, 0.2) is 4.99 Å². The smallest absolute Gasteiger partial charge is 0.156 e. The second-order valence-corrected chi connectivity index (χ2v) is 8.43. The summed E-state index contributed by atoms with van der Waals surface area (Å²) < 4.78 is 0. The molecule has 0 aromatic rings. The Morgan fingerprint density at radius 2 is 1.95 bits per heavy atom. The van der Waals surface area contributed by atoms with Gasteiger partial charge in [0.1, 0.15) is 0 Å². The Kier molecular flexibility index (Phi) is 4.86. The largest absolute Gasteiger partial charge is 0.364 e. The Labute approximate surface area is 123 Å². The highest BCUT2D eigenvalue weighted by molar-refractivity contribution is 8.13. The van der Waals surface area contributed by atoms with Crippen molar-refractivity contribution in [3.63, 3.8) is 0 Å². The quantitative estimate of drug-likeness (QED) is 0.834. The number of hydrogen-bond donors (Lipinski definition) is 1. The average molecular weight is 282 g/mol. The molecule has 1 fully saturated rings. The van der Waals surface area contributed by atoms with Crippen LogP contribution in [0, 0.1) is 16.7 Å². The SMILES string of the molecule is CC(C)C(C)(C)CNC1=NCC2(CCCCC2)CS1. The third-order valence-electron chi connectivity index (χ3n) is 5.25. The molecule has 3 heteroatoms. The monoisotopic (exact) mass is 282 g/mol. The van der Waals surface area contributed by atoms with Gasteiger partial charge in [-0.3, -0.25) is 4.99 Å². The molecule has 1 N–H and O–H groups in total. The van der Waals surface area contributed by atoms with Crippen LogP contribution in [-0.2, 0) is 0 Å². The van der Waals surface area contributed by atoms with Crippen molar-refractivity contribution in [1.82, 2.24) is 5.32 Å². The summed E-state index contributed by atoms with van der Waals surface area (Å²) in [7, 11) is 0. The molecule has 19 heavy (non-hydrogen) atoms. The van der Waals surface area contributed by atoms with Crippen LogP contribution in [0.4, 0.5) is 0 Å². The van der Waals surface area contributed by atoms with Crippen LogP contribution in [0.5, 0.6) is 0 Å². The standard InChI is InChI=1S/C16H30N2S/c1-13(2)15(3,4)10-17-14-18-11-16(12-19-14)8-6-5-7-9-16/h13H,5-12H2,1-4H3,(H,17,18). The van der Waals surface area contributed by atoms with E-state index < -0.39 is 0 Å². The maximum absolute atomic E-state index is 4.84. The van der Waals surface area contributed by atoms with Gasteiger partial charge in [0, 0.05) is 18.8 Å². The lowest BCUT2D eigenvalue weighted by Gasteiger charge is -2.39. The summed E-state index contributed by atoms with van der Waals surface area (Å²) in [6.45, 7) is 11.4. The highest BCUT2D eigenvalue weighted by atomic mass is 32.2. The molecular weight excluding hydrogens is 252 g/mol. The molecule has 1 spiro atoms. The Bertz CT molecular complexity index is 328. The van der Waals surface area contributed by atoms with E-state index in [2.05, 4.69) is 33.0 Å². The molecule has 1 aliphatic heterocycles. The van der Waals surface area contributed by atoms with Crippen LogP contribution in [0.25, 0.3) is 0 Å². The van der Waals surface area contributed by atoms with Crippen molar-refractivity contribution in [1.29, 1.82) is 0 Å². The van der Waals surface area contributed by atoms with Crippen molar-refractivity contribution in [2.45, 2.75) is 59.8 Å². The lowest BCUT2D eigenvalue weighted by atomic mass is 9.75. The van der Waals surface area contributed by atoms with Crippen molar-refractivity contribution in [3.05, 3.63) is 0 Å². The van der Waals surface area contributed by atoms with E-state index in [0.717, 1.165) is 13.1 Å². The molecule has 0 atom stereocenters. The average Bonchev–Trinajstić information content (AvgIpc) is 2.39. The fourth-order valence-electron chi connectivity index (χ4n) is 2.77. The summed E-state index contributed by atoms with van der Waals surface area (Å²) in [5, 5.41) is 4.76. The minimum absolute atomic E-state index is 0.336. The van der Waals surface area contributed by atoms with E-state index in [1.165, 1.54) is 43.0 Å². The van der Waals surface area contributed by atoms with E-state index in [1.807, 2.05) is 11.8 Å². The van der Waals surface area contributed by atoms with Crippen molar-refractivity contribution < 1.29 is 0 Å². The summed E-state index contributed by atoms with van der Waals surface area (Å²) in [6, 6.07) is 0. The van der Waals surface area contributed by atoms with Gasteiger partial charge in [0.25, 0.3) is 0 Å². The first kappa shape index (κ1) is 15.2. The molecule has 0 bridgehead atoms. The van der Waals surface area contributed by atoms with E-state index in [-0.39, 0.29) is 0 Å². The summed E-state index contributed by atoms with van der Waals surface area (Å²) in [5.41, 5.74) is 0.880. The first-order valence-corrected chi connectivity index (χ1v) is 8.83. The van der Waals surface area contributed by atoms with Gasteiger partial charge < -0.3 is 5.32 Å². The Morgan fingerprint density at radius 1 is 1.26 bits per heavy atom. The van der Waals surface area contributed by atoms with E-state index >= 15 is 0 Å². The zero-order valence-electron chi connectivity index (χ0n) is 13.1. The third kappa shape index (κ3) is 3.90. The van der Waals surface area contributed by atoms with E-state index in [4.69, 9.17) is 4.99 Å². The van der Waals surface area contributed by atoms with Crippen LogP contribution in [-0.4, -0.2) is 24.0 Å². The summed E-state index contributed by atoms with van der Waals surface area (Å²) in [4.78, 5) is 4.84. The molecule has 0 radical (unpaired) electrons. The van der Waals surface area contributed by atoms with Crippen LogP contribution in [0.3, 0.4) is 0 Å². The van der Waals surface area contributed by atoms with E-state index in [1.54, 1.807) is 0 Å². The highest BCUT2D eigenvalue weighted by Crippen LogP contribution is 2.41. The second kappa shape index (κ2) is 6.07. The van der Waals surface area contributed by atoms with Gasteiger partial charge in [-0.2, -0.15) is 0 Å². The van der Waals surface area contributed by atoms with E-state index in [0.29, 0.717) is 16.7 Å². The number of thioether (sulfide) groups is 1. The topological polar surface area (TPSA) is 24.4 Å². The summed E-state index contributed by atoms with van der Waals surface area (Å²) >= 11 is 1.96. The van der Waals surface area contributed by atoms with Crippen molar-refractivity contribution in [2.75, 3.05) is 18.8 Å². The molecule has 2 rings (SSSR count). The fourth-order valence-corrected chi connectivity index (χ4v) is 3.92. The summed E-state index contributed by atoms with van der Waals surface area (Å²) in [6.07, 6.45) is 7.06. The first-order valence-electron chi connectivity index (χ1n) is 7.85. The molecule has 0 amide bonds. The van der Waals surface area contributed by atoms with Gasteiger partial charge in [0.05, 0.1) is 0 Å². The van der Waals surface area contributed by atoms with Crippen molar-refractivity contribution >= 4 is 16.9 Å². The number of hydrogen-bond acceptors (Lipinski definition) is 3. The number of nitrogens with zero attached hydrogens (tertiary/aromatic N) is 1. The minimum atomic E-state index is 0.336. The fraction of sp³-hybridized carbons (Fsp3) is 0.938. The number of amidine groups is 1. The van der Waals surface area contributed by atoms with Gasteiger partial charge >= 0.3 is 0 Å². The van der Waals surface area contributed by atoms with Gasteiger partial charge in [-0.15, -0.1) is 0 Å². The molecule has 0 aromatic heterocycles. The van der Waals surface area contributed by atoms with Crippen LogP contribution >= 0.6 is 11.8 Å². The lowest BCUT2D eigenvalue weighted by Crippen LogP contribution is -2.40. The first-order chi connectivity index (χ1) is 8.94. The van der Waals surface area contributed by atoms with Crippen molar-refractivity contribution in [3.8, 4) is 0 Å². The van der Waals surface area contributed by atoms with Gasteiger partial charge in [-0.05, 0) is 29.6 Å². The maximum atomic E-state index is 4.84.